The smallest absolute Gasteiger partial charge is 0.0438 e. The predicted molar refractivity (Wildman–Crippen MR) is 85.1 cm³/mol. The number of rotatable bonds is 2. The van der Waals surface area contributed by atoms with Crippen molar-refractivity contribution in [1.29, 1.82) is 0 Å². The standard InChI is InChI=1S/C18H20ClN/c1-12-6-7-16(11-17(12)19)18(20)15-9-8-13-4-2-3-5-14(13)10-15/h2-7,11,15,18H,8-10,20H2,1H3. The molecule has 104 valence electrons. The van der Waals surface area contributed by atoms with Gasteiger partial charge in [0.2, 0.25) is 0 Å². The molecular weight excluding hydrogens is 266 g/mol. The van der Waals surface area contributed by atoms with E-state index < -0.39 is 0 Å². The molecule has 0 heterocycles. The first-order valence-corrected chi connectivity index (χ1v) is 7.61. The van der Waals surface area contributed by atoms with Gasteiger partial charge in [-0.2, -0.15) is 0 Å². The molecule has 0 amide bonds. The molecule has 2 unspecified atom stereocenters. The number of nitrogens with two attached hydrogens (primary N) is 1. The lowest BCUT2D eigenvalue weighted by molar-refractivity contribution is 0.382. The fraction of sp³-hybridized carbons (Fsp3) is 0.333. The first-order valence-electron chi connectivity index (χ1n) is 7.23. The van der Waals surface area contributed by atoms with E-state index in [1.54, 1.807) is 0 Å². The minimum atomic E-state index is 0.0708. The van der Waals surface area contributed by atoms with E-state index >= 15 is 0 Å². The molecule has 0 bridgehead atoms. The quantitative estimate of drug-likeness (QED) is 0.866. The Labute approximate surface area is 125 Å². The molecule has 20 heavy (non-hydrogen) atoms. The Morgan fingerprint density at radius 3 is 2.65 bits per heavy atom. The van der Waals surface area contributed by atoms with E-state index in [1.807, 2.05) is 13.0 Å². The normalized spacial score (nSPS) is 19.4. The molecular formula is C18H20ClN. The molecule has 1 nitrogen and oxygen atoms in total. The lowest BCUT2D eigenvalue weighted by Crippen LogP contribution is -2.27. The second-order valence-corrected chi connectivity index (χ2v) is 6.21. The van der Waals surface area contributed by atoms with E-state index in [-0.39, 0.29) is 6.04 Å². The van der Waals surface area contributed by atoms with Crippen LogP contribution in [-0.4, -0.2) is 0 Å². The number of hydrogen-bond acceptors (Lipinski definition) is 1. The predicted octanol–water partition coefficient (Wildman–Crippen LogP) is 4.45. The summed E-state index contributed by atoms with van der Waals surface area (Å²) in [6.07, 6.45) is 3.36. The third-order valence-corrected chi connectivity index (χ3v) is 4.88. The van der Waals surface area contributed by atoms with Crippen molar-refractivity contribution in [2.75, 3.05) is 0 Å². The Hall–Kier alpha value is -1.31. The molecule has 2 atom stereocenters. The molecule has 0 radical (unpaired) electrons. The highest BCUT2D eigenvalue weighted by Crippen LogP contribution is 2.33. The molecule has 0 aliphatic heterocycles. The lowest BCUT2D eigenvalue weighted by Gasteiger charge is -2.29. The van der Waals surface area contributed by atoms with Crippen molar-refractivity contribution in [3.63, 3.8) is 0 Å². The van der Waals surface area contributed by atoms with Gasteiger partial charge in [0.05, 0.1) is 0 Å². The molecule has 1 aliphatic carbocycles. The SMILES string of the molecule is Cc1ccc(C(N)C2CCc3ccccc3C2)cc1Cl. The third-order valence-electron chi connectivity index (χ3n) is 4.47. The second-order valence-electron chi connectivity index (χ2n) is 5.81. The topological polar surface area (TPSA) is 26.0 Å². The maximum atomic E-state index is 6.49. The zero-order valence-electron chi connectivity index (χ0n) is 11.8. The van der Waals surface area contributed by atoms with Gasteiger partial charge in [0.25, 0.3) is 0 Å². The summed E-state index contributed by atoms with van der Waals surface area (Å²) in [5.41, 5.74) is 11.7. The van der Waals surface area contributed by atoms with Crippen molar-refractivity contribution in [3.05, 3.63) is 69.7 Å². The Morgan fingerprint density at radius 2 is 1.90 bits per heavy atom. The van der Waals surface area contributed by atoms with Gasteiger partial charge in [-0.3, -0.25) is 0 Å². The van der Waals surface area contributed by atoms with Crippen molar-refractivity contribution >= 4 is 11.6 Å². The van der Waals surface area contributed by atoms with Gasteiger partial charge in [0.1, 0.15) is 0 Å². The molecule has 2 aromatic carbocycles. The maximum Gasteiger partial charge on any atom is 0.0438 e. The maximum absolute atomic E-state index is 6.49. The monoisotopic (exact) mass is 285 g/mol. The van der Waals surface area contributed by atoms with Gasteiger partial charge in [-0.1, -0.05) is 48.0 Å². The van der Waals surface area contributed by atoms with Gasteiger partial charge < -0.3 is 5.73 Å². The van der Waals surface area contributed by atoms with Gasteiger partial charge in [-0.05, 0) is 60.4 Å². The van der Waals surface area contributed by atoms with Crippen LogP contribution in [0.4, 0.5) is 0 Å². The second kappa shape index (κ2) is 5.59. The fourth-order valence-corrected chi connectivity index (χ4v) is 3.31. The molecule has 1 aliphatic rings. The molecule has 0 fully saturated rings. The average molecular weight is 286 g/mol. The van der Waals surface area contributed by atoms with Crippen LogP contribution >= 0.6 is 11.6 Å². The molecule has 0 spiro atoms. The summed E-state index contributed by atoms with van der Waals surface area (Å²) >= 11 is 6.22. The summed E-state index contributed by atoms with van der Waals surface area (Å²) in [5.74, 6) is 0.503. The van der Waals surface area contributed by atoms with E-state index in [9.17, 15) is 0 Å². The highest BCUT2D eigenvalue weighted by atomic mass is 35.5. The van der Waals surface area contributed by atoms with Crippen LogP contribution in [0.5, 0.6) is 0 Å². The zero-order chi connectivity index (χ0) is 14.1. The lowest BCUT2D eigenvalue weighted by atomic mass is 9.78. The van der Waals surface area contributed by atoms with E-state index in [0.29, 0.717) is 5.92 Å². The Kier molecular flexibility index (Phi) is 3.82. The van der Waals surface area contributed by atoms with Crippen LogP contribution in [0.2, 0.25) is 5.02 Å². The Morgan fingerprint density at radius 1 is 1.15 bits per heavy atom. The van der Waals surface area contributed by atoms with Crippen LogP contribution in [0.1, 0.15) is 34.7 Å². The van der Waals surface area contributed by atoms with Crippen molar-refractivity contribution in [2.45, 2.75) is 32.2 Å². The number of benzene rings is 2. The van der Waals surface area contributed by atoms with Crippen LogP contribution < -0.4 is 5.73 Å². The van der Waals surface area contributed by atoms with E-state index in [1.165, 1.54) is 11.1 Å². The summed E-state index contributed by atoms with van der Waals surface area (Å²) in [4.78, 5) is 0. The van der Waals surface area contributed by atoms with Crippen molar-refractivity contribution < 1.29 is 0 Å². The van der Waals surface area contributed by atoms with Gasteiger partial charge in [0.15, 0.2) is 0 Å². The van der Waals surface area contributed by atoms with E-state index in [2.05, 4.69) is 36.4 Å². The van der Waals surface area contributed by atoms with Gasteiger partial charge in [0, 0.05) is 11.1 Å². The van der Waals surface area contributed by atoms with Gasteiger partial charge in [-0.25, -0.2) is 0 Å². The molecule has 0 aromatic heterocycles. The van der Waals surface area contributed by atoms with Crippen LogP contribution in [-0.2, 0) is 12.8 Å². The largest absolute Gasteiger partial charge is 0.324 e. The molecule has 2 heteroatoms. The Bertz CT molecular complexity index is 621. The summed E-state index contributed by atoms with van der Waals surface area (Å²) < 4.78 is 0. The molecule has 0 saturated carbocycles. The highest BCUT2D eigenvalue weighted by Gasteiger charge is 2.24. The summed E-state index contributed by atoms with van der Waals surface area (Å²) in [6.45, 7) is 2.02. The average Bonchev–Trinajstić information content (AvgIpc) is 2.49. The summed E-state index contributed by atoms with van der Waals surface area (Å²) in [7, 11) is 0. The third kappa shape index (κ3) is 2.61. The summed E-state index contributed by atoms with van der Waals surface area (Å²) in [5, 5.41) is 0.814. The molecule has 3 rings (SSSR count). The summed E-state index contributed by atoms with van der Waals surface area (Å²) in [6, 6.07) is 15.0. The number of halogens is 1. The van der Waals surface area contributed by atoms with Crippen LogP contribution in [0.15, 0.2) is 42.5 Å². The first kappa shape index (κ1) is 13.7. The van der Waals surface area contributed by atoms with Crippen LogP contribution in [0.3, 0.4) is 0 Å². The van der Waals surface area contributed by atoms with Gasteiger partial charge in [-0.15, -0.1) is 0 Å². The molecule has 2 aromatic rings. The van der Waals surface area contributed by atoms with Gasteiger partial charge >= 0.3 is 0 Å². The van der Waals surface area contributed by atoms with Crippen molar-refractivity contribution in [1.82, 2.24) is 0 Å². The molecule has 2 N–H and O–H groups in total. The fourth-order valence-electron chi connectivity index (χ4n) is 3.12. The van der Waals surface area contributed by atoms with E-state index in [0.717, 1.165) is 35.4 Å². The minimum absolute atomic E-state index is 0.0708. The Balaban J connectivity index is 1.82. The minimum Gasteiger partial charge on any atom is -0.324 e. The number of hydrogen-bond donors (Lipinski definition) is 1. The first-order chi connectivity index (χ1) is 9.65. The van der Waals surface area contributed by atoms with Crippen molar-refractivity contribution in [3.8, 4) is 0 Å². The number of aryl methyl sites for hydroxylation is 2. The van der Waals surface area contributed by atoms with Crippen molar-refractivity contribution in [2.24, 2.45) is 11.7 Å². The number of fused-ring (bicyclic) bond motifs is 1. The highest BCUT2D eigenvalue weighted by molar-refractivity contribution is 6.31. The molecule has 0 saturated heterocycles. The van der Waals surface area contributed by atoms with E-state index in [4.69, 9.17) is 17.3 Å². The zero-order valence-corrected chi connectivity index (χ0v) is 12.5. The van der Waals surface area contributed by atoms with Crippen LogP contribution in [0.25, 0.3) is 0 Å². The van der Waals surface area contributed by atoms with Crippen LogP contribution in [0, 0.1) is 12.8 Å².